The van der Waals surface area contributed by atoms with E-state index in [0.717, 1.165) is 0 Å². The van der Waals surface area contributed by atoms with E-state index in [0.29, 0.717) is 4.47 Å². The summed E-state index contributed by atoms with van der Waals surface area (Å²) in [5.74, 6) is -0.0842. The standard InChI is InChI=1S/C10H13BrN4O4/c1-10(2,3)19-9(16)14-13-8-7(15(17)18)4-6(11)5-12-8/h4-5H,1-3H3,(H,12,13)(H,14,16). The first-order valence-corrected chi connectivity index (χ1v) is 6.03. The number of carbonyl (C=O) groups excluding carboxylic acids is 1. The van der Waals surface area contributed by atoms with Crippen molar-refractivity contribution in [2.24, 2.45) is 0 Å². The van der Waals surface area contributed by atoms with E-state index in [1.165, 1.54) is 12.3 Å². The molecule has 0 aliphatic rings. The molecule has 0 fully saturated rings. The lowest BCUT2D eigenvalue weighted by Gasteiger charge is -2.19. The van der Waals surface area contributed by atoms with Crippen molar-refractivity contribution in [3.05, 3.63) is 26.9 Å². The topological polar surface area (TPSA) is 106 Å². The van der Waals surface area contributed by atoms with Crippen molar-refractivity contribution < 1.29 is 14.5 Å². The molecule has 104 valence electrons. The van der Waals surface area contributed by atoms with Gasteiger partial charge in [-0.15, -0.1) is 0 Å². The van der Waals surface area contributed by atoms with Gasteiger partial charge < -0.3 is 4.74 Å². The van der Waals surface area contributed by atoms with Crippen LogP contribution in [-0.2, 0) is 4.74 Å². The Morgan fingerprint density at radius 2 is 2.16 bits per heavy atom. The Hall–Kier alpha value is -1.90. The summed E-state index contributed by atoms with van der Waals surface area (Å²) < 4.78 is 5.42. The number of pyridine rings is 1. The van der Waals surface area contributed by atoms with Crippen LogP contribution in [-0.4, -0.2) is 21.6 Å². The number of hydrazine groups is 1. The third kappa shape index (κ3) is 5.08. The van der Waals surface area contributed by atoms with Crippen LogP contribution in [0.15, 0.2) is 16.7 Å². The molecule has 0 spiro atoms. The number of amides is 1. The molecule has 0 bridgehead atoms. The number of rotatable bonds is 3. The molecule has 0 aromatic carbocycles. The monoisotopic (exact) mass is 332 g/mol. The first-order chi connectivity index (χ1) is 8.69. The highest BCUT2D eigenvalue weighted by molar-refractivity contribution is 9.10. The minimum Gasteiger partial charge on any atom is -0.443 e. The Kier molecular flexibility index (Phi) is 4.65. The van der Waals surface area contributed by atoms with E-state index in [1.54, 1.807) is 20.8 Å². The zero-order valence-electron chi connectivity index (χ0n) is 10.6. The summed E-state index contributed by atoms with van der Waals surface area (Å²) in [7, 11) is 0. The molecule has 0 unspecified atom stereocenters. The molecule has 0 saturated carbocycles. The number of halogens is 1. The van der Waals surface area contributed by atoms with Crippen molar-refractivity contribution in [2.45, 2.75) is 26.4 Å². The maximum atomic E-state index is 11.4. The van der Waals surface area contributed by atoms with Gasteiger partial charge in [0.05, 0.1) is 4.92 Å². The van der Waals surface area contributed by atoms with Gasteiger partial charge in [0.1, 0.15) is 5.60 Å². The number of aromatic nitrogens is 1. The van der Waals surface area contributed by atoms with Gasteiger partial charge in [0, 0.05) is 16.7 Å². The Labute approximate surface area is 117 Å². The van der Waals surface area contributed by atoms with Gasteiger partial charge in [-0.1, -0.05) is 0 Å². The average molecular weight is 333 g/mol. The van der Waals surface area contributed by atoms with Crippen LogP contribution in [0.2, 0.25) is 0 Å². The fourth-order valence-corrected chi connectivity index (χ4v) is 1.40. The molecule has 0 aliphatic carbocycles. The van der Waals surface area contributed by atoms with Gasteiger partial charge in [0.25, 0.3) is 0 Å². The molecule has 1 aromatic rings. The lowest BCUT2D eigenvalue weighted by Crippen LogP contribution is -2.36. The van der Waals surface area contributed by atoms with E-state index in [4.69, 9.17) is 4.74 Å². The SMILES string of the molecule is CC(C)(C)OC(=O)NNc1ncc(Br)cc1[N+](=O)[O-]. The molecule has 19 heavy (non-hydrogen) atoms. The molecule has 1 rings (SSSR count). The minimum atomic E-state index is -0.758. The summed E-state index contributed by atoms with van der Waals surface area (Å²) in [6.45, 7) is 5.10. The third-order valence-corrected chi connectivity index (χ3v) is 2.15. The number of carbonyl (C=O) groups is 1. The van der Waals surface area contributed by atoms with Crippen molar-refractivity contribution in [3.63, 3.8) is 0 Å². The summed E-state index contributed by atoms with van der Waals surface area (Å²) >= 11 is 3.08. The van der Waals surface area contributed by atoms with E-state index in [-0.39, 0.29) is 11.5 Å². The van der Waals surface area contributed by atoms with E-state index in [9.17, 15) is 14.9 Å². The number of ether oxygens (including phenoxy) is 1. The maximum absolute atomic E-state index is 11.4. The predicted octanol–water partition coefficient (Wildman–Crippen LogP) is 2.60. The molecule has 1 amide bonds. The Bertz CT molecular complexity index is 501. The first kappa shape index (κ1) is 15.2. The molecule has 1 aromatic heterocycles. The molecule has 0 aliphatic heterocycles. The van der Waals surface area contributed by atoms with E-state index < -0.39 is 16.6 Å². The molecule has 2 N–H and O–H groups in total. The van der Waals surface area contributed by atoms with Crippen LogP contribution < -0.4 is 10.9 Å². The van der Waals surface area contributed by atoms with Gasteiger partial charge in [0.2, 0.25) is 5.82 Å². The molecule has 1 heterocycles. The number of nitrogens with one attached hydrogen (secondary N) is 2. The lowest BCUT2D eigenvalue weighted by atomic mass is 10.2. The van der Waals surface area contributed by atoms with Crippen LogP contribution >= 0.6 is 15.9 Å². The predicted molar refractivity (Wildman–Crippen MR) is 71.6 cm³/mol. The maximum Gasteiger partial charge on any atom is 0.426 e. The number of hydrogen-bond acceptors (Lipinski definition) is 6. The molecule has 0 atom stereocenters. The largest absolute Gasteiger partial charge is 0.443 e. The lowest BCUT2D eigenvalue weighted by molar-refractivity contribution is -0.384. The van der Waals surface area contributed by atoms with E-state index >= 15 is 0 Å². The number of anilines is 1. The third-order valence-electron chi connectivity index (χ3n) is 1.71. The first-order valence-electron chi connectivity index (χ1n) is 5.24. The molecule has 8 nitrogen and oxygen atoms in total. The van der Waals surface area contributed by atoms with Crippen LogP contribution in [0, 0.1) is 10.1 Å². The number of nitro groups is 1. The van der Waals surface area contributed by atoms with Crippen LogP contribution in [0.1, 0.15) is 20.8 Å². The molecule has 0 saturated heterocycles. The van der Waals surface area contributed by atoms with Crippen molar-refractivity contribution >= 4 is 33.5 Å². The highest BCUT2D eigenvalue weighted by atomic mass is 79.9. The minimum absolute atomic E-state index is 0.0842. The Balaban J connectivity index is 2.73. The quantitative estimate of drug-likeness (QED) is 0.650. The van der Waals surface area contributed by atoms with Gasteiger partial charge in [0.15, 0.2) is 0 Å². The second-order valence-corrected chi connectivity index (χ2v) is 5.45. The summed E-state index contributed by atoms with van der Waals surface area (Å²) in [6, 6.07) is 1.27. The van der Waals surface area contributed by atoms with Gasteiger partial charge in [-0.3, -0.25) is 15.5 Å². The van der Waals surface area contributed by atoms with Crippen molar-refractivity contribution in [2.75, 3.05) is 5.43 Å². The van der Waals surface area contributed by atoms with Gasteiger partial charge in [-0.2, -0.15) is 0 Å². The zero-order valence-corrected chi connectivity index (χ0v) is 12.1. The average Bonchev–Trinajstić information content (AvgIpc) is 2.24. The highest BCUT2D eigenvalue weighted by Crippen LogP contribution is 2.24. The molecular weight excluding hydrogens is 320 g/mol. The second-order valence-electron chi connectivity index (χ2n) is 4.53. The van der Waals surface area contributed by atoms with Crippen LogP contribution in [0.3, 0.4) is 0 Å². The van der Waals surface area contributed by atoms with E-state index in [1.807, 2.05) is 0 Å². The van der Waals surface area contributed by atoms with Crippen molar-refractivity contribution in [1.29, 1.82) is 0 Å². The Morgan fingerprint density at radius 3 is 2.68 bits per heavy atom. The smallest absolute Gasteiger partial charge is 0.426 e. The number of hydrogen-bond donors (Lipinski definition) is 2. The highest BCUT2D eigenvalue weighted by Gasteiger charge is 2.19. The molecule has 9 heteroatoms. The summed E-state index contributed by atoms with van der Waals surface area (Å²) in [5.41, 5.74) is 3.59. The Morgan fingerprint density at radius 1 is 1.53 bits per heavy atom. The normalized spacial score (nSPS) is 10.7. The van der Waals surface area contributed by atoms with Crippen LogP contribution in [0.5, 0.6) is 0 Å². The van der Waals surface area contributed by atoms with Crippen molar-refractivity contribution in [1.82, 2.24) is 10.4 Å². The number of nitrogens with zero attached hydrogens (tertiary/aromatic N) is 2. The zero-order chi connectivity index (χ0) is 14.6. The van der Waals surface area contributed by atoms with Crippen LogP contribution in [0.25, 0.3) is 0 Å². The van der Waals surface area contributed by atoms with Crippen molar-refractivity contribution in [3.8, 4) is 0 Å². The summed E-state index contributed by atoms with van der Waals surface area (Å²) in [4.78, 5) is 25.4. The second kappa shape index (κ2) is 5.83. The molecular formula is C10H13BrN4O4. The fraction of sp³-hybridized carbons (Fsp3) is 0.400. The summed E-state index contributed by atoms with van der Waals surface area (Å²) in [5, 5.41) is 10.8. The van der Waals surface area contributed by atoms with Gasteiger partial charge >= 0.3 is 11.8 Å². The van der Waals surface area contributed by atoms with Gasteiger partial charge in [-0.05, 0) is 36.7 Å². The summed E-state index contributed by atoms with van der Waals surface area (Å²) in [6.07, 6.45) is 0.609. The van der Waals surface area contributed by atoms with Gasteiger partial charge in [-0.25, -0.2) is 15.2 Å². The van der Waals surface area contributed by atoms with E-state index in [2.05, 4.69) is 31.8 Å². The molecule has 0 radical (unpaired) electrons. The fourth-order valence-electron chi connectivity index (χ4n) is 1.08. The van der Waals surface area contributed by atoms with Crippen LogP contribution in [0.4, 0.5) is 16.3 Å².